The summed E-state index contributed by atoms with van der Waals surface area (Å²) < 4.78 is 5.52. The molecule has 2 amide bonds. The Bertz CT molecular complexity index is 1390. The Balaban J connectivity index is 1.41. The number of alkyl carbamates (subject to hydrolysis) is 1. The monoisotopic (exact) mass is 676 g/mol. The van der Waals surface area contributed by atoms with Crippen LogP contribution in [-0.4, -0.2) is 64.3 Å². The summed E-state index contributed by atoms with van der Waals surface area (Å²) in [6.45, 7) is 13.7. The average Bonchev–Trinajstić information content (AvgIpc) is 3.36. The van der Waals surface area contributed by atoms with Crippen molar-refractivity contribution in [2.45, 2.75) is 129 Å². The molecule has 2 saturated carbocycles. The van der Waals surface area contributed by atoms with Crippen LogP contribution in [0.5, 0.6) is 0 Å². The van der Waals surface area contributed by atoms with Crippen LogP contribution < -0.4 is 5.32 Å². The molecular weight excluding hydrogens is 620 g/mol. The number of nitrogens with zero attached hydrogens (tertiary/aromatic N) is 1. The Hall–Kier alpha value is -3.62. The number of piperidine rings is 1. The number of ketones is 4. The lowest BCUT2D eigenvalue weighted by Crippen LogP contribution is -2.57. The summed E-state index contributed by atoms with van der Waals surface area (Å²) in [6.07, 6.45) is 6.94. The number of rotatable bonds is 17. The van der Waals surface area contributed by atoms with Crippen molar-refractivity contribution >= 4 is 35.1 Å². The smallest absolute Gasteiger partial charge is 0.408 e. The molecule has 1 aromatic carbocycles. The van der Waals surface area contributed by atoms with Gasteiger partial charge in [0.05, 0.1) is 6.04 Å². The Morgan fingerprint density at radius 1 is 1.00 bits per heavy atom. The van der Waals surface area contributed by atoms with Crippen molar-refractivity contribution in [1.82, 2.24) is 10.2 Å². The number of benzene rings is 1. The molecule has 0 bridgehead atoms. The van der Waals surface area contributed by atoms with Gasteiger partial charge < -0.3 is 15.0 Å². The number of carbonyl (C=O) groups excluding carboxylic acids is 6. The van der Waals surface area contributed by atoms with Gasteiger partial charge >= 0.3 is 6.09 Å². The third-order valence-corrected chi connectivity index (χ3v) is 10.8. The zero-order valence-electron chi connectivity index (χ0n) is 30.1. The fraction of sp³-hybridized carbons (Fsp3) is 0.650. The molecule has 3 fully saturated rings. The molecule has 4 rings (SSSR count). The number of amides is 2. The van der Waals surface area contributed by atoms with Gasteiger partial charge in [0, 0.05) is 38.1 Å². The van der Waals surface area contributed by atoms with Crippen molar-refractivity contribution in [1.29, 1.82) is 0 Å². The number of hydrogen-bond donors (Lipinski definition) is 1. The highest BCUT2D eigenvalue weighted by Gasteiger charge is 2.69. The number of aryl methyl sites for hydroxylation is 1. The molecule has 1 saturated heterocycles. The van der Waals surface area contributed by atoms with Gasteiger partial charge in [-0.2, -0.15) is 0 Å². The van der Waals surface area contributed by atoms with Crippen molar-refractivity contribution in [2.24, 2.45) is 29.1 Å². The van der Waals surface area contributed by atoms with Gasteiger partial charge in [-0.25, -0.2) is 4.79 Å². The topological polar surface area (TPSA) is 127 Å². The first kappa shape index (κ1) is 38.2. The van der Waals surface area contributed by atoms with Gasteiger partial charge in [0.15, 0.2) is 11.6 Å². The lowest BCUT2D eigenvalue weighted by Gasteiger charge is -2.37. The largest absolute Gasteiger partial charge is 0.444 e. The number of Topliss-reactive ketones (excluding diaryl/α,β-unsaturated/α-hetero) is 4. The predicted octanol–water partition coefficient (Wildman–Crippen LogP) is 6.60. The molecule has 9 heteroatoms. The van der Waals surface area contributed by atoms with Crippen LogP contribution in [0.1, 0.15) is 111 Å². The van der Waals surface area contributed by atoms with Gasteiger partial charge in [-0.1, -0.05) is 69.5 Å². The van der Waals surface area contributed by atoms with Crippen LogP contribution in [-0.2, 0) is 35.1 Å². The molecule has 0 aromatic heterocycles. The molecule has 0 spiro atoms. The van der Waals surface area contributed by atoms with E-state index in [1.165, 1.54) is 0 Å². The highest BCUT2D eigenvalue weighted by atomic mass is 16.6. The summed E-state index contributed by atoms with van der Waals surface area (Å²) in [6, 6.07) is 8.17. The maximum Gasteiger partial charge on any atom is 0.408 e. The first-order valence-corrected chi connectivity index (χ1v) is 18.2. The van der Waals surface area contributed by atoms with Crippen molar-refractivity contribution in [3.63, 3.8) is 0 Å². The van der Waals surface area contributed by atoms with E-state index >= 15 is 0 Å². The summed E-state index contributed by atoms with van der Waals surface area (Å²) >= 11 is 0. The van der Waals surface area contributed by atoms with Crippen LogP contribution in [0.15, 0.2) is 43.0 Å². The van der Waals surface area contributed by atoms with Crippen LogP contribution in [0.2, 0.25) is 0 Å². The molecule has 49 heavy (non-hydrogen) atoms. The highest BCUT2D eigenvalue weighted by Crippen LogP contribution is 2.65. The quantitative estimate of drug-likeness (QED) is 0.145. The Morgan fingerprint density at radius 2 is 1.67 bits per heavy atom. The van der Waals surface area contributed by atoms with Crippen LogP contribution in [0.25, 0.3) is 0 Å². The maximum atomic E-state index is 14.3. The number of nitrogens with one attached hydrogen (secondary N) is 1. The molecule has 1 aromatic rings. The molecule has 268 valence electrons. The number of ether oxygens (including phenoxy) is 1. The number of allylic oxidation sites excluding steroid dienone is 1. The first-order chi connectivity index (χ1) is 23.1. The minimum Gasteiger partial charge on any atom is -0.444 e. The predicted molar refractivity (Wildman–Crippen MR) is 188 cm³/mol. The van der Waals surface area contributed by atoms with E-state index in [1.54, 1.807) is 31.7 Å². The maximum absolute atomic E-state index is 14.3. The second kappa shape index (κ2) is 16.4. The van der Waals surface area contributed by atoms with E-state index in [1.807, 2.05) is 30.3 Å². The number of hydrogen-bond acceptors (Lipinski definition) is 7. The van der Waals surface area contributed by atoms with Crippen molar-refractivity contribution in [2.75, 3.05) is 6.54 Å². The lowest BCUT2D eigenvalue weighted by atomic mass is 9.82. The Kier molecular flexibility index (Phi) is 12.8. The standard InChI is InChI=1S/C40H56N2O7/c1-7-15-28(36(46)31(44)21-14-20-29(43)23-22-26-16-10-8-11-17-26)24-32(45)35-33-30(40(33,5)6)25-42(35)37(47)34(27-18-12-9-13-19-27)41-38(48)49-39(2,3)4/h7-8,10-11,16-17,27-28,30,33-35H,1,9,12-15,18-25H2,2-6H3,(H,41,48)/t28?,30-,33-,34-,35+/m0/s1. The van der Waals surface area contributed by atoms with Gasteiger partial charge in [-0.05, 0) is 81.6 Å². The van der Waals surface area contributed by atoms with E-state index < -0.39 is 41.3 Å². The zero-order chi connectivity index (χ0) is 35.9. The van der Waals surface area contributed by atoms with Crippen LogP contribution in [0, 0.1) is 29.1 Å². The molecule has 1 heterocycles. The normalized spacial score (nSPS) is 22.7. The van der Waals surface area contributed by atoms with Crippen molar-refractivity contribution in [3.05, 3.63) is 48.6 Å². The van der Waals surface area contributed by atoms with Gasteiger partial charge in [0.25, 0.3) is 0 Å². The molecule has 1 unspecified atom stereocenters. The van der Waals surface area contributed by atoms with E-state index in [-0.39, 0.29) is 72.7 Å². The van der Waals surface area contributed by atoms with Crippen LogP contribution in [0.3, 0.4) is 0 Å². The summed E-state index contributed by atoms with van der Waals surface area (Å²) in [7, 11) is 0. The van der Waals surface area contributed by atoms with E-state index in [0.29, 0.717) is 19.4 Å². The second-order valence-corrected chi connectivity index (χ2v) is 16.0. The Morgan fingerprint density at radius 3 is 2.31 bits per heavy atom. The third-order valence-electron chi connectivity index (χ3n) is 10.8. The number of carbonyl (C=O) groups is 6. The molecule has 3 aliphatic rings. The van der Waals surface area contributed by atoms with Gasteiger partial charge in [0.2, 0.25) is 11.7 Å². The summed E-state index contributed by atoms with van der Waals surface area (Å²) in [5.41, 5.74) is 0.201. The fourth-order valence-electron chi connectivity index (χ4n) is 8.04. The molecule has 1 aliphatic heterocycles. The molecule has 5 atom stereocenters. The third kappa shape index (κ3) is 9.98. The summed E-state index contributed by atoms with van der Waals surface area (Å²) in [4.78, 5) is 81.8. The fourth-order valence-corrected chi connectivity index (χ4v) is 8.04. The lowest BCUT2D eigenvalue weighted by molar-refractivity contribution is -0.144. The average molecular weight is 677 g/mol. The van der Waals surface area contributed by atoms with Crippen LogP contribution >= 0.6 is 0 Å². The van der Waals surface area contributed by atoms with Gasteiger partial charge in [-0.3, -0.25) is 24.0 Å². The molecule has 9 nitrogen and oxygen atoms in total. The van der Waals surface area contributed by atoms with Gasteiger partial charge in [-0.15, -0.1) is 6.58 Å². The van der Waals surface area contributed by atoms with E-state index in [4.69, 9.17) is 4.74 Å². The molecule has 2 aliphatic carbocycles. The highest BCUT2D eigenvalue weighted by molar-refractivity contribution is 6.38. The minimum absolute atomic E-state index is 0.0437. The van der Waals surface area contributed by atoms with E-state index in [2.05, 4.69) is 25.7 Å². The summed E-state index contributed by atoms with van der Waals surface area (Å²) in [5.74, 6) is -2.55. The van der Waals surface area contributed by atoms with Crippen molar-refractivity contribution in [3.8, 4) is 0 Å². The van der Waals surface area contributed by atoms with Crippen LogP contribution in [0.4, 0.5) is 4.79 Å². The van der Waals surface area contributed by atoms with E-state index in [9.17, 15) is 28.8 Å². The van der Waals surface area contributed by atoms with Crippen molar-refractivity contribution < 1.29 is 33.5 Å². The van der Waals surface area contributed by atoms with E-state index in [0.717, 1.165) is 37.7 Å². The molecule has 0 radical (unpaired) electrons. The minimum atomic E-state index is -0.877. The number of likely N-dealkylation sites (tertiary alicyclic amines) is 1. The Labute approximate surface area is 292 Å². The SMILES string of the molecule is C=CCC(CC(=O)[C@@H]1[C@@H]2[C@H](CN1C(=O)[C@@H](NC(=O)OC(C)(C)C)C1CCCCC1)C2(C)C)C(=O)C(=O)CCCC(=O)CCc1ccccc1. The first-order valence-electron chi connectivity index (χ1n) is 18.2. The second-order valence-electron chi connectivity index (χ2n) is 16.0. The number of fused-ring (bicyclic) bond motifs is 1. The summed E-state index contributed by atoms with van der Waals surface area (Å²) in [5, 5.41) is 2.87. The van der Waals surface area contributed by atoms with Gasteiger partial charge in [0.1, 0.15) is 17.4 Å². The molecule has 1 N–H and O–H groups in total. The zero-order valence-corrected chi connectivity index (χ0v) is 30.1. The molecular formula is C40H56N2O7.